The Morgan fingerprint density at radius 1 is 1.07 bits per heavy atom. The minimum absolute atomic E-state index is 0.0219. The minimum Gasteiger partial charge on any atom is -0.444 e. The van der Waals surface area contributed by atoms with E-state index < -0.39 is 5.60 Å². The molecule has 3 rings (SSSR count). The minimum atomic E-state index is -0.464. The molecule has 0 saturated carbocycles. The van der Waals surface area contributed by atoms with E-state index in [4.69, 9.17) is 4.74 Å². The van der Waals surface area contributed by atoms with Crippen LogP contribution in [0.4, 0.5) is 4.79 Å². The van der Waals surface area contributed by atoms with Gasteiger partial charge in [0.25, 0.3) is 0 Å². The van der Waals surface area contributed by atoms with Crippen LogP contribution in [0.1, 0.15) is 57.7 Å². The average molecular weight is 364 g/mol. The molecule has 1 N–H and O–H groups in total. The lowest BCUT2D eigenvalue weighted by Gasteiger charge is -2.21. The van der Waals surface area contributed by atoms with Crippen molar-refractivity contribution in [1.82, 2.24) is 5.32 Å². The van der Waals surface area contributed by atoms with Gasteiger partial charge in [-0.2, -0.15) is 0 Å². The first-order valence-electron chi connectivity index (χ1n) is 9.56. The Balaban J connectivity index is 1.63. The second-order valence-electron chi connectivity index (χ2n) is 8.60. The molecule has 2 aromatic carbocycles. The number of rotatable bonds is 4. The maximum absolute atomic E-state index is 11.6. The Morgan fingerprint density at radius 3 is 2.52 bits per heavy atom. The molecule has 0 aromatic heterocycles. The van der Waals surface area contributed by atoms with Crippen molar-refractivity contribution in [3.05, 3.63) is 65.2 Å². The summed E-state index contributed by atoms with van der Waals surface area (Å²) in [5, 5.41) is 2.78. The largest absolute Gasteiger partial charge is 0.444 e. The first kappa shape index (κ1) is 19.2. The molecule has 1 aliphatic rings. The Hall–Kier alpha value is -2.55. The maximum atomic E-state index is 11.6. The average Bonchev–Trinajstić information content (AvgIpc) is 2.81. The summed E-state index contributed by atoms with van der Waals surface area (Å²) >= 11 is 0. The van der Waals surface area contributed by atoms with Gasteiger partial charge in [-0.1, -0.05) is 68.5 Å². The zero-order chi connectivity index (χ0) is 19.7. The molecule has 0 fully saturated rings. The molecule has 0 aliphatic heterocycles. The Kier molecular flexibility index (Phi) is 5.14. The van der Waals surface area contributed by atoms with E-state index in [9.17, 15) is 4.79 Å². The molecular weight excluding hydrogens is 334 g/mol. The number of alkyl carbamates (subject to hydrolysis) is 1. The van der Waals surface area contributed by atoms with Crippen molar-refractivity contribution < 1.29 is 9.53 Å². The summed E-state index contributed by atoms with van der Waals surface area (Å²) < 4.78 is 5.23. The van der Waals surface area contributed by atoms with E-state index in [1.807, 2.05) is 20.8 Å². The van der Waals surface area contributed by atoms with E-state index in [2.05, 4.69) is 73.8 Å². The van der Waals surface area contributed by atoms with E-state index in [1.54, 1.807) is 0 Å². The first-order chi connectivity index (χ1) is 12.7. The van der Waals surface area contributed by atoms with Gasteiger partial charge in [0.2, 0.25) is 0 Å². The first-order valence-corrected chi connectivity index (χ1v) is 9.56. The third-order valence-corrected chi connectivity index (χ3v) is 4.90. The Bertz CT molecular complexity index is 872. The van der Waals surface area contributed by atoms with Crippen molar-refractivity contribution in [2.24, 2.45) is 0 Å². The van der Waals surface area contributed by atoms with Gasteiger partial charge in [-0.05, 0) is 55.0 Å². The zero-order valence-electron chi connectivity index (χ0n) is 16.9. The molecule has 1 aliphatic carbocycles. The summed E-state index contributed by atoms with van der Waals surface area (Å²) in [6.07, 6.45) is 4.61. The van der Waals surface area contributed by atoms with Gasteiger partial charge < -0.3 is 10.1 Å². The lowest BCUT2D eigenvalue weighted by molar-refractivity contribution is 0.0529. The van der Waals surface area contributed by atoms with Crippen molar-refractivity contribution in [3.8, 4) is 11.1 Å². The fourth-order valence-corrected chi connectivity index (χ4v) is 3.62. The van der Waals surface area contributed by atoms with Crippen LogP contribution < -0.4 is 5.32 Å². The van der Waals surface area contributed by atoms with Gasteiger partial charge in [0.15, 0.2) is 0 Å². The summed E-state index contributed by atoms with van der Waals surface area (Å²) in [7, 11) is 0. The smallest absolute Gasteiger partial charge is 0.407 e. The van der Waals surface area contributed by atoms with Crippen molar-refractivity contribution >= 4 is 12.2 Å². The number of carbonyl (C=O) groups is 1. The van der Waals surface area contributed by atoms with Gasteiger partial charge in [0.05, 0.1) is 0 Å². The quantitative estimate of drug-likeness (QED) is 0.685. The van der Waals surface area contributed by atoms with Gasteiger partial charge in [-0.15, -0.1) is 0 Å². The third kappa shape index (κ3) is 4.24. The van der Waals surface area contributed by atoms with Gasteiger partial charge >= 0.3 is 6.09 Å². The Morgan fingerprint density at radius 2 is 1.78 bits per heavy atom. The second kappa shape index (κ2) is 7.22. The molecule has 0 bridgehead atoms. The number of benzene rings is 2. The van der Waals surface area contributed by atoms with Gasteiger partial charge in [0.1, 0.15) is 5.60 Å². The molecule has 0 saturated heterocycles. The highest BCUT2D eigenvalue weighted by Crippen LogP contribution is 2.48. The molecule has 3 heteroatoms. The van der Waals surface area contributed by atoms with E-state index in [1.165, 1.54) is 27.8 Å². The third-order valence-electron chi connectivity index (χ3n) is 4.90. The highest BCUT2D eigenvalue weighted by Gasteiger charge is 2.34. The molecule has 0 unspecified atom stereocenters. The summed E-state index contributed by atoms with van der Waals surface area (Å²) in [6.45, 7) is 10.7. The number of hydrogen-bond acceptors (Lipinski definition) is 2. The van der Waals surface area contributed by atoms with E-state index >= 15 is 0 Å². The van der Waals surface area contributed by atoms with Gasteiger partial charge in [-0.25, -0.2) is 4.79 Å². The number of nitrogens with one attached hydrogen (secondary N) is 1. The lowest BCUT2D eigenvalue weighted by atomic mass is 9.82. The fraction of sp³-hybridized carbons (Fsp3) is 0.375. The highest BCUT2D eigenvalue weighted by atomic mass is 16.6. The van der Waals surface area contributed by atoms with Crippen molar-refractivity contribution in [2.75, 3.05) is 6.54 Å². The molecule has 2 aromatic rings. The molecule has 142 valence electrons. The summed E-state index contributed by atoms with van der Waals surface area (Å²) in [5.41, 5.74) is 6.18. The van der Waals surface area contributed by atoms with Crippen LogP contribution in [0.15, 0.2) is 48.5 Å². The van der Waals surface area contributed by atoms with Crippen LogP contribution in [0.25, 0.3) is 17.2 Å². The summed E-state index contributed by atoms with van der Waals surface area (Å²) in [5.74, 6) is 0. The van der Waals surface area contributed by atoms with Crippen molar-refractivity contribution in [2.45, 2.75) is 52.1 Å². The van der Waals surface area contributed by atoms with E-state index in [-0.39, 0.29) is 11.5 Å². The van der Waals surface area contributed by atoms with Crippen molar-refractivity contribution in [3.63, 3.8) is 0 Å². The molecule has 27 heavy (non-hydrogen) atoms. The number of ether oxygens (including phenoxy) is 1. The number of fused-ring (bicyclic) bond motifs is 3. The normalized spacial score (nSPS) is 14.7. The number of hydrogen-bond donors (Lipinski definition) is 1. The number of carbonyl (C=O) groups excluding carboxylic acids is 1. The maximum Gasteiger partial charge on any atom is 0.407 e. The summed E-state index contributed by atoms with van der Waals surface area (Å²) in [6, 6.07) is 15.3. The van der Waals surface area contributed by atoms with Gasteiger partial charge in [-0.3, -0.25) is 0 Å². The lowest BCUT2D eigenvalue weighted by Crippen LogP contribution is -2.32. The standard InChI is InChI=1S/C24H29NO2/c1-23(2,3)27-22(26)25-15-9-8-10-17-13-14-19-18-11-6-7-12-20(18)24(4,5)21(19)16-17/h6-8,10-14,16H,9,15H2,1-5H3,(H,25,26). The van der Waals surface area contributed by atoms with Crippen LogP contribution in [0.5, 0.6) is 0 Å². The van der Waals surface area contributed by atoms with E-state index in [0.29, 0.717) is 6.54 Å². The molecule has 1 amide bonds. The zero-order valence-corrected chi connectivity index (χ0v) is 16.9. The predicted octanol–water partition coefficient (Wildman–Crippen LogP) is 5.92. The van der Waals surface area contributed by atoms with Crippen LogP contribution in [0.2, 0.25) is 0 Å². The highest BCUT2D eigenvalue weighted by molar-refractivity contribution is 5.81. The van der Waals surface area contributed by atoms with Gasteiger partial charge in [0, 0.05) is 12.0 Å². The topological polar surface area (TPSA) is 38.3 Å². The van der Waals surface area contributed by atoms with Crippen LogP contribution in [0.3, 0.4) is 0 Å². The molecule has 0 atom stereocenters. The fourth-order valence-electron chi connectivity index (χ4n) is 3.62. The SMILES string of the molecule is CC(C)(C)OC(=O)NCCC=Cc1ccc2c(c1)C(C)(C)c1ccccc1-2. The van der Waals surface area contributed by atoms with Crippen LogP contribution in [-0.2, 0) is 10.2 Å². The molecule has 0 heterocycles. The number of amides is 1. The second-order valence-corrected chi connectivity index (χ2v) is 8.60. The molecular formula is C24H29NO2. The summed E-state index contributed by atoms with van der Waals surface area (Å²) in [4.78, 5) is 11.6. The molecule has 0 spiro atoms. The van der Waals surface area contributed by atoms with Crippen LogP contribution in [-0.4, -0.2) is 18.2 Å². The Labute approximate surface area is 162 Å². The van der Waals surface area contributed by atoms with Crippen molar-refractivity contribution in [1.29, 1.82) is 0 Å². The molecule has 3 nitrogen and oxygen atoms in total. The van der Waals surface area contributed by atoms with Crippen LogP contribution in [0, 0.1) is 0 Å². The van der Waals surface area contributed by atoms with E-state index in [0.717, 1.165) is 6.42 Å². The van der Waals surface area contributed by atoms with Crippen LogP contribution >= 0.6 is 0 Å². The molecule has 0 radical (unpaired) electrons. The monoisotopic (exact) mass is 363 g/mol. The predicted molar refractivity (Wildman–Crippen MR) is 112 cm³/mol.